The van der Waals surface area contributed by atoms with Crippen LogP contribution >= 0.6 is 0 Å². The number of H-pyrrole nitrogens is 1. The Kier molecular flexibility index (Phi) is 3.65. The van der Waals surface area contributed by atoms with Crippen LogP contribution in [-0.4, -0.2) is 23.3 Å². The van der Waals surface area contributed by atoms with E-state index < -0.39 is 0 Å². The smallest absolute Gasteiger partial charge is 0.398 e. The van der Waals surface area contributed by atoms with E-state index in [1.165, 1.54) is 10.9 Å². The molecule has 4 heteroatoms. The van der Waals surface area contributed by atoms with Crippen LogP contribution in [0.5, 0.6) is 0 Å². The second kappa shape index (κ2) is 5.14. The number of fused-ring (bicyclic) bond motifs is 1. The summed E-state index contributed by atoms with van der Waals surface area (Å²) in [6.45, 7) is 12.8. The lowest BCUT2D eigenvalue weighted by atomic mass is 9.84. The monoisotopic (exact) mass is 299 g/mol. The second-order valence-corrected chi connectivity index (χ2v) is 7.43. The Hall–Kier alpha value is -1.26. The number of hydrogen-bond acceptors (Lipinski definition) is 2. The normalized spacial score (nSPS) is 21.5. The van der Waals surface area contributed by atoms with Crippen molar-refractivity contribution >= 4 is 23.6 Å². The third-order valence-corrected chi connectivity index (χ3v) is 5.37. The highest BCUT2D eigenvalue weighted by molar-refractivity contribution is 6.61. The number of rotatable bonds is 3. The minimum absolute atomic E-state index is 0.311. The molecule has 1 aliphatic heterocycles. The topological polar surface area (TPSA) is 34.2 Å². The first-order valence-electron chi connectivity index (χ1n) is 8.22. The zero-order valence-electron chi connectivity index (χ0n) is 14.5. The van der Waals surface area contributed by atoms with Gasteiger partial charge < -0.3 is 14.3 Å². The predicted molar refractivity (Wildman–Crippen MR) is 92.7 cm³/mol. The Bertz CT molecular complexity index is 673. The number of aromatic amines is 1. The standard InChI is InChI=1S/C18H26BNO2/c1-7-12(2)13-9-8-10-15-14(13)11-16(20-15)19-21-17(3,4)18(5,6)22-19/h8-12,20H,7H2,1-6H3. The lowest BCUT2D eigenvalue weighted by molar-refractivity contribution is 0.00578. The Morgan fingerprint density at radius 3 is 2.36 bits per heavy atom. The fourth-order valence-electron chi connectivity index (χ4n) is 2.95. The third-order valence-electron chi connectivity index (χ3n) is 5.37. The van der Waals surface area contributed by atoms with Crippen LogP contribution in [0.3, 0.4) is 0 Å². The first-order chi connectivity index (χ1) is 10.2. The zero-order chi connectivity index (χ0) is 16.1. The highest BCUT2D eigenvalue weighted by Crippen LogP contribution is 2.37. The van der Waals surface area contributed by atoms with Gasteiger partial charge in [0, 0.05) is 16.5 Å². The fraction of sp³-hybridized carbons (Fsp3) is 0.556. The average Bonchev–Trinajstić information content (AvgIpc) is 2.96. The molecule has 0 amide bonds. The Morgan fingerprint density at radius 1 is 1.14 bits per heavy atom. The summed E-state index contributed by atoms with van der Waals surface area (Å²) in [6, 6.07) is 8.65. The van der Waals surface area contributed by atoms with Gasteiger partial charge >= 0.3 is 7.12 Å². The van der Waals surface area contributed by atoms with Gasteiger partial charge in [-0.25, -0.2) is 0 Å². The van der Waals surface area contributed by atoms with Gasteiger partial charge in [0.25, 0.3) is 0 Å². The molecule has 3 rings (SSSR count). The molecule has 2 heterocycles. The van der Waals surface area contributed by atoms with Gasteiger partial charge in [0.2, 0.25) is 0 Å². The second-order valence-electron chi connectivity index (χ2n) is 7.43. The molecular weight excluding hydrogens is 273 g/mol. The van der Waals surface area contributed by atoms with E-state index in [-0.39, 0.29) is 18.3 Å². The van der Waals surface area contributed by atoms with Gasteiger partial charge in [-0.1, -0.05) is 26.0 Å². The van der Waals surface area contributed by atoms with Crippen molar-refractivity contribution in [2.75, 3.05) is 0 Å². The average molecular weight is 299 g/mol. The molecular formula is C18H26BNO2. The van der Waals surface area contributed by atoms with Crippen LogP contribution in [0.1, 0.15) is 59.4 Å². The van der Waals surface area contributed by atoms with Gasteiger partial charge in [-0.15, -0.1) is 0 Å². The predicted octanol–water partition coefficient (Wildman–Crippen LogP) is 3.98. The molecule has 3 nitrogen and oxygen atoms in total. The fourth-order valence-corrected chi connectivity index (χ4v) is 2.95. The number of aromatic nitrogens is 1. The van der Waals surface area contributed by atoms with Crippen LogP contribution in [0.15, 0.2) is 24.3 Å². The maximum Gasteiger partial charge on any atom is 0.512 e. The van der Waals surface area contributed by atoms with Crippen LogP contribution in [0, 0.1) is 0 Å². The van der Waals surface area contributed by atoms with E-state index in [1.807, 2.05) is 0 Å². The molecule has 1 aromatic carbocycles. The van der Waals surface area contributed by atoms with Crippen molar-refractivity contribution in [1.82, 2.24) is 4.98 Å². The highest BCUT2D eigenvalue weighted by atomic mass is 16.7. The quantitative estimate of drug-likeness (QED) is 0.870. The Morgan fingerprint density at radius 2 is 1.77 bits per heavy atom. The van der Waals surface area contributed by atoms with Gasteiger partial charge in [0.15, 0.2) is 0 Å². The molecule has 1 aromatic heterocycles. The van der Waals surface area contributed by atoms with Crippen molar-refractivity contribution in [3.8, 4) is 0 Å². The molecule has 1 N–H and O–H groups in total. The van der Waals surface area contributed by atoms with Crippen LogP contribution in [0.25, 0.3) is 10.9 Å². The van der Waals surface area contributed by atoms with Crippen molar-refractivity contribution in [3.05, 3.63) is 29.8 Å². The summed E-state index contributed by atoms with van der Waals surface area (Å²) in [5.74, 6) is 0.547. The van der Waals surface area contributed by atoms with Crippen LogP contribution in [0.2, 0.25) is 0 Å². The summed E-state index contributed by atoms with van der Waals surface area (Å²) >= 11 is 0. The SMILES string of the molecule is CCC(C)c1cccc2[nH]c(B3OC(C)(C)C(C)(C)O3)cc12. The van der Waals surface area contributed by atoms with E-state index >= 15 is 0 Å². The lowest BCUT2D eigenvalue weighted by Crippen LogP contribution is -2.41. The molecule has 2 aromatic rings. The van der Waals surface area contributed by atoms with E-state index in [2.05, 4.69) is 70.8 Å². The number of hydrogen-bond donors (Lipinski definition) is 1. The summed E-state index contributed by atoms with van der Waals surface area (Å²) in [7, 11) is -0.331. The molecule has 1 unspecified atom stereocenters. The van der Waals surface area contributed by atoms with E-state index in [4.69, 9.17) is 9.31 Å². The van der Waals surface area contributed by atoms with Crippen LogP contribution in [0.4, 0.5) is 0 Å². The summed E-state index contributed by atoms with van der Waals surface area (Å²) in [6.07, 6.45) is 1.14. The maximum atomic E-state index is 6.15. The molecule has 1 aliphatic rings. The first-order valence-corrected chi connectivity index (χ1v) is 8.22. The molecule has 0 bridgehead atoms. The van der Waals surface area contributed by atoms with E-state index in [0.29, 0.717) is 5.92 Å². The van der Waals surface area contributed by atoms with Crippen molar-refractivity contribution < 1.29 is 9.31 Å². The van der Waals surface area contributed by atoms with Crippen molar-refractivity contribution in [1.29, 1.82) is 0 Å². The van der Waals surface area contributed by atoms with Gasteiger partial charge in [0.1, 0.15) is 0 Å². The summed E-state index contributed by atoms with van der Waals surface area (Å²) < 4.78 is 12.3. The van der Waals surface area contributed by atoms with E-state index in [0.717, 1.165) is 17.5 Å². The van der Waals surface area contributed by atoms with Crippen molar-refractivity contribution in [2.24, 2.45) is 0 Å². The van der Waals surface area contributed by atoms with Crippen molar-refractivity contribution in [3.63, 3.8) is 0 Å². The molecule has 22 heavy (non-hydrogen) atoms. The molecule has 0 spiro atoms. The maximum absolute atomic E-state index is 6.15. The largest absolute Gasteiger partial charge is 0.512 e. The summed E-state index contributed by atoms with van der Waals surface area (Å²) in [4.78, 5) is 3.48. The molecule has 1 saturated heterocycles. The van der Waals surface area contributed by atoms with Gasteiger partial charge in [0.05, 0.1) is 11.2 Å². The first kappa shape index (κ1) is 15.6. The molecule has 0 radical (unpaired) electrons. The molecule has 0 aliphatic carbocycles. The summed E-state index contributed by atoms with van der Waals surface area (Å²) in [5, 5.41) is 1.28. The number of benzene rings is 1. The Labute approximate surface area is 133 Å². The van der Waals surface area contributed by atoms with Crippen LogP contribution < -0.4 is 5.59 Å². The lowest BCUT2D eigenvalue weighted by Gasteiger charge is -2.32. The Balaban J connectivity index is 2.00. The van der Waals surface area contributed by atoms with Crippen molar-refractivity contribution in [2.45, 2.75) is 65.1 Å². The highest BCUT2D eigenvalue weighted by Gasteiger charge is 2.52. The number of nitrogens with one attached hydrogen (secondary N) is 1. The van der Waals surface area contributed by atoms with Crippen LogP contribution in [-0.2, 0) is 9.31 Å². The zero-order valence-corrected chi connectivity index (χ0v) is 14.5. The molecule has 0 saturated carbocycles. The molecule has 1 atom stereocenters. The minimum Gasteiger partial charge on any atom is -0.398 e. The van der Waals surface area contributed by atoms with Gasteiger partial charge in [-0.05, 0) is 57.7 Å². The molecule has 1 fully saturated rings. The summed E-state index contributed by atoms with van der Waals surface area (Å²) in [5.41, 5.74) is 2.93. The minimum atomic E-state index is -0.331. The van der Waals surface area contributed by atoms with Gasteiger partial charge in [-0.2, -0.15) is 0 Å². The van der Waals surface area contributed by atoms with Gasteiger partial charge in [-0.3, -0.25) is 0 Å². The molecule has 118 valence electrons. The van der Waals surface area contributed by atoms with E-state index in [1.54, 1.807) is 0 Å². The third kappa shape index (κ3) is 2.39. The van der Waals surface area contributed by atoms with E-state index in [9.17, 15) is 0 Å².